The molecular formula is C24H24FN3O3. The Morgan fingerprint density at radius 2 is 1.68 bits per heavy atom. The molecule has 1 atom stereocenters. The summed E-state index contributed by atoms with van der Waals surface area (Å²) in [5.41, 5.74) is 6.83. The van der Waals surface area contributed by atoms with Gasteiger partial charge in [-0.15, -0.1) is 0 Å². The molecule has 0 spiro atoms. The van der Waals surface area contributed by atoms with E-state index < -0.39 is 12.1 Å². The average molecular weight is 421 g/mol. The van der Waals surface area contributed by atoms with Crippen molar-refractivity contribution in [1.82, 2.24) is 10.2 Å². The van der Waals surface area contributed by atoms with Crippen molar-refractivity contribution in [1.29, 1.82) is 0 Å². The molecule has 0 aromatic heterocycles. The lowest BCUT2D eigenvalue weighted by molar-refractivity contribution is -0.130. The highest BCUT2D eigenvalue weighted by molar-refractivity contribution is 5.78. The number of nitrogens with one attached hydrogen (secondary N) is 1. The van der Waals surface area contributed by atoms with Crippen molar-refractivity contribution in [2.75, 3.05) is 7.05 Å². The van der Waals surface area contributed by atoms with Crippen LogP contribution in [0, 0.1) is 5.82 Å². The molecule has 0 aliphatic carbocycles. The van der Waals surface area contributed by atoms with Crippen LogP contribution in [0.1, 0.15) is 23.6 Å². The van der Waals surface area contributed by atoms with E-state index >= 15 is 0 Å². The molecule has 7 heteroatoms. The van der Waals surface area contributed by atoms with Crippen LogP contribution >= 0.6 is 0 Å². The van der Waals surface area contributed by atoms with E-state index in [1.54, 1.807) is 43.4 Å². The second-order valence-corrected chi connectivity index (χ2v) is 7.13. The number of ether oxygens (including phenoxy) is 1. The maximum Gasteiger partial charge on any atom is 0.312 e. The van der Waals surface area contributed by atoms with Crippen LogP contribution in [0.3, 0.4) is 0 Å². The van der Waals surface area contributed by atoms with Gasteiger partial charge in [-0.1, -0.05) is 42.5 Å². The minimum Gasteiger partial charge on any atom is -0.457 e. The van der Waals surface area contributed by atoms with Gasteiger partial charge in [-0.3, -0.25) is 4.79 Å². The molecule has 6 nitrogen and oxygen atoms in total. The molecule has 0 bridgehead atoms. The molecule has 0 heterocycles. The Kier molecular flexibility index (Phi) is 7.22. The van der Waals surface area contributed by atoms with Gasteiger partial charge in [0.2, 0.25) is 5.91 Å². The second-order valence-electron chi connectivity index (χ2n) is 7.13. The van der Waals surface area contributed by atoms with Gasteiger partial charge in [0.15, 0.2) is 0 Å². The lowest BCUT2D eigenvalue weighted by Gasteiger charge is -2.23. The number of amides is 3. The maximum absolute atomic E-state index is 13.1. The Balaban J connectivity index is 1.72. The van der Waals surface area contributed by atoms with Crippen LogP contribution in [-0.2, 0) is 11.3 Å². The van der Waals surface area contributed by atoms with Crippen molar-refractivity contribution >= 4 is 11.9 Å². The summed E-state index contributed by atoms with van der Waals surface area (Å²) in [6.45, 7) is 0.319. The van der Waals surface area contributed by atoms with Crippen LogP contribution in [0.25, 0.3) is 0 Å². The fourth-order valence-electron chi connectivity index (χ4n) is 3.13. The SMILES string of the molecule is CN(Cc1ccc(F)cc1)C(=O)CC(NC(N)=O)c1cccc(Oc2ccccc2)c1. The zero-order valence-electron chi connectivity index (χ0n) is 17.1. The van der Waals surface area contributed by atoms with E-state index in [2.05, 4.69) is 5.32 Å². The maximum atomic E-state index is 13.1. The van der Waals surface area contributed by atoms with Crippen molar-refractivity contribution in [3.8, 4) is 11.5 Å². The first-order valence-electron chi connectivity index (χ1n) is 9.78. The zero-order valence-corrected chi connectivity index (χ0v) is 17.1. The fraction of sp³-hybridized carbons (Fsp3) is 0.167. The number of urea groups is 1. The molecule has 1 unspecified atom stereocenters. The van der Waals surface area contributed by atoms with Crippen LogP contribution in [0.15, 0.2) is 78.9 Å². The Morgan fingerprint density at radius 3 is 2.35 bits per heavy atom. The van der Waals surface area contributed by atoms with Crippen LogP contribution in [0.2, 0.25) is 0 Å². The molecule has 160 valence electrons. The van der Waals surface area contributed by atoms with E-state index in [4.69, 9.17) is 10.5 Å². The predicted octanol–water partition coefficient (Wildman–Crippen LogP) is 4.38. The Hall–Kier alpha value is -3.87. The standard InChI is InChI=1S/C24H24FN3O3/c1-28(16-17-10-12-19(25)13-11-17)23(29)15-22(27-24(26)30)18-6-5-9-21(14-18)31-20-7-3-2-4-8-20/h2-14,22H,15-16H2,1H3,(H3,26,27,30). The summed E-state index contributed by atoms with van der Waals surface area (Å²) in [6, 6.07) is 21.0. The third-order valence-corrected chi connectivity index (χ3v) is 4.69. The number of hydrogen-bond donors (Lipinski definition) is 2. The molecule has 3 aromatic rings. The van der Waals surface area contributed by atoms with Gasteiger partial charge in [0.05, 0.1) is 12.5 Å². The van der Waals surface area contributed by atoms with E-state index in [9.17, 15) is 14.0 Å². The molecule has 3 rings (SSSR count). The third-order valence-electron chi connectivity index (χ3n) is 4.69. The normalized spacial score (nSPS) is 11.4. The molecule has 0 aliphatic rings. The second kappa shape index (κ2) is 10.2. The first-order chi connectivity index (χ1) is 14.9. The van der Waals surface area contributed by atoms with E-state index in [1.807, 2.05) is 30.3 Å². The number of benzene rings is 3. The van der Waals surface area contributed by atoms with Crippen LogP contribution in [0.4, 0.5) is 9.18 Å². The number of primary amides is 1. The number of nitrogens with zero attached hydrogens (tertiary/aromatic N) is 1. The Labute approximate surface area is 180 Å². The van der Waals surface area contributed by atoms with Crippen molar-refractivity contribution in [3.05, 3.63) is 95.8 Å². The first kappa shape index (κ1) is 21.8. The number of rotatable bonds is 8. The number of carbonyl (C=O) groups excluding carboxylic acids is 2. The number of hydrogen-bond acceptors (Lipinski definition) is 3. The number of halogens is 1. The first-order valence-corrected chi connectivity index (χ1v) is 9.78. The van der Waals surface area contributed by atoms with E-state index in [-0.39, 0.29) is 18.1 Å². The zero-order chi connectivity index (χ0) is 22.2. The number of nitrogens with two attached hydrogens (primary N) is 1. The van der Waals surface area contributed by atoms with Gasteiger partial charge < -0.3 is 20.7 Å². The smallest absolute Gasteiger partial charge is 0.312 e. The van der Waals surface area contributed by atoms with E-state index in [0.717, 1.165) is 5.56 Å². The minimum absolute atomic E-state index is 0.00935. The van der Waals surface area contributed by atoms with Crippen LogP contribution < -0.4 is 15.8 Å². The minimum atomic E-state index is -0.728. The quantitative estimate of drug-likeness (QED) is 0.566. The molecule has 31 heavy (non-hydrogen) atoms. The van der Waals surface area contributed by atoms with Gasteiger partial charge in [-0.2, -0.15) is 0 Å². The van der Waals surface area contributed by atoms with Gasteiger partial charge in [0.25, 0.3) is 0 Å². The largest absolute Gasteiger partial charge is 0.457 e. The molecule has 3 N–H and O–H groups in total. The van der Waals surface area contributed by atoms with Gasteiger partial charge in [-0.05, 0) is 47.5 Å². The molecule has 0 aliphatic heterocycles. The number of carbonyl (C=O) groups is 2. The predicted molar refractivity (Wildman–Crippen MR) is 116 cm³/mol. The molecule has 3 aromatic carbocycles. The highest BCUT2D eigenvalue weighted by Crippen LogP contribution is 2.26. The lowest BCUT2D eigenvalue weighted by atomic mass is 10.0. The van der Waals surface area contributed by atoms with E-state index in [1.165, 1.54) is 17.0 Å². The summed E-state index contributed by atoms with van der Waals surface area (Å²) >= 11 is 0. The highest BCUT2D eigenvalue weighted by atomic mass is 19.1. The van der Waals surface area contributed by atoms with Gasteiger partial charge in [-0.25, -0.2) is 9.18 Å². The summed E-state index contributed by atoms with van der Waals surface area (Å²) in [5.74, 6) is 0.722. The summed E-state index contributed by atoms with van der Waals surface area (Å²) in [7, 11) is 1.65. The van der Waals surface area contributed by atoms with Crippen LogP contribution in [-0.4, -0.2) is 23.9 Å². The average Bonchev–Trinajstić information content (AvgIpc) is 2.75. The molecule has 0 saturated heterocycles. The molecule has 0 saturated carbocycles. The van der Waals surface area contributed by atoms with Gasteiger partial charge in [0, 0.05) is 13.6 Å². The van der Waals surface area contributed by atoms with Crippen molar-refractivity contribution in [2.45, 2.75) is 19.0 Å². The van der Waals surface area contributed by atoms with Crippen molar-refractivity contribution in [3.63, 3.8) is 0 Å². The van der Waals surface area contributed by atoms with Gasteiger partial charge >= 0.3 is 6.03 Å². The molecular weight excluding hydrogens is 397 g/mol. The molecule has 3 amide bonds. The Bertz CT molecular complexity index is 1030. The number of para-hydroxylation sites is 1. The van der Waals surface area contributed by atoms with E-state index in [0.29, 0.717) is 23.6 Å². The van der Waals surface area contributed by atoms with Crippen molar-refractivity contribution in [2.24, 2.45) is 5.73 Å². The topological polar surface area (TPSA) is 84.7 Å². The fourth-order valence-corrected chi connectivity index (χ4v) is 3.13. The lowest BCUT2D eigenvalue weighted by Crippen LogP contribution is -2.37. The summed E-state index contributed by atoms with van der Waals surface area (Å²) < 4.78 is 18.9. The molecule has 0 radical (unpaired) electrons. The van der Waals surface area contributed by atoms with Gasteiger partial charge in [0.1, 0.15) is 17.3 Å². The Morgan fingerprint density at radius 1 is 1.00 bits per heavy atom. The van der Waals surface area contributed by atoms with Crippen LogP contribution in [0.5, 0.6) is 11.5 Å². The van der Waals surface area contributed by atoms with Crippen molar-refractivity contribution < 1.29 is 18.7 Å². The summed E-state index contributed by atoms with van der Waals surface area (Å²) in [4.78, 5) is 25.9. The summed E-state index contributed by atoms with van der Waals surface area (Å²) in [5, 5.41) is 2.63. The summed E-state index contributed by atoms with van der Waals surface area (Å²) in [6.07, 6.45) is 0.00935. The molecule has 0 fully saturated rings. The monoisotopic (exact) mass is 421 g/mol. The third kappa shape index (κ3) is 6.57. The highest BCUT2D eigenvalue weighted by Gasteiger charge is 2.20.